The standard InChI is InChI=1S/C23H16F6N2O3/c24-22(25,26)16-8-14(9-17(11-16)23(27,28)29)20(32)30-18-4-3-13-5-6-31(12-15(13)10-18)21(33)19-2-1-7-34-19/h1-4,7-11H,5-6,12H2,(H,30,32). The molecule has 34 heavy (non-hydrogen) atoms. The highest BCUT2D eigenvalue weighted by atomic mass is 19.4. The summed E-state index contributed by atoms with van der Waals surface area (Å²) in [5.74, 6) is -1.29. The monoisotopic (exact) mass is 482 g/mol. The Labute approximate surface area is 189 Å². The maximum Gasteiger partial charge on any atom is 0.416 e. The predicted molar refractivity (Wildman–Crippen MR) is 108 cm³/mol. The number of amides is 2. The Morgan fingerprint density at radius 2 is 1.56 bits per heavy atom. The first-order chi connectivity index (χ1) is 15.9. The van der Waals surface area contributed by atoms with E-state index in [2.05, 4.69) is 5.32 Å². The van der Waals surface area contributed by atoms with E-state index in [1.54, 1.807) is 12.1 Å². The van der Waals surface area contributed by atoms with Gasteiger partial charge in [0.15, 0.2) is 5.76 Å². The van der Waals surface area contributed by atoms with Crippen LogP contribution in [0, 0.1) is 0 Å². The molecule has 2 aromatic carbocycles. The van der Waals surface area contributed by atoms with Crippen LogP contribution >= 0.6 is 0 Å². The fraction of sp³-hybridized carbons (Fsp3) is 0.217. The molecule has 2 amide bonds. The average Bonchev–Trinajstić information content (AvgIpc) is 3.31. The smallest absolute Gasteiger partial charge is 0.416 e. The van der Waals surface area contributed by atoms with Crippen molar-refractivity contribution in [3.8, 4) is 0 Å². The number of furan rings is 1. The van der Waals surface area contributed by atoms with Gasteiger partial charge in [0.25, 0.3) is 11.8 Å². The number of hydrogen-bond donors (Lipinski definition) is 1. The lowest BCUT2D eigenvalue weighted by Gasteiger charge is -2.28. The molecule has 1 aromatic heterocycles. The highest BCUT2D eigenvalue weighted by molar-refractivity contribution is 6.04. The third kappa shape index (κ3) is 4.92. The molecule has 5 nitrogen and oxygen atoms in total. The van der Waals surface area contributed by atoms with Gasteiger partial charge in [-0.1, -0.05) is 6.07 Å². The van der Waals surface area contributed by atoms with E-state index in [-0.39, 0.29) is 30.0 Å². The molecule has 4 rings (SSSR count). The van der Waals surface area contributed by atoms with Gasteiger partial charge in [-0.05, 0) is 60.0 Å². The summed E-state index contributed by atoms with van der Waals surface area (Å²) in [6, 6.07) is 8.52. The summed E-state index contributed by atoms with van der Waals surface area (Å²) in [6.07, 6.45) is -8.23. The summed E-state index contributed by atoms with van der Waals surface area (Å²) in [7, 11) is 0. The molecule has 0 saturated heterocycles. The fourth-order valence-corrected chi connectivity index (χ4v) is 3.65. The number of halogens is 6. The Balaban J connectivity index is 1.57. The number of hydrogen-bond acceptors (Lipinski definition) is 3. The normalized spacial score (nSPS) is 14.0. The zero-order valence-electron chi connectivity index (χ0n) is 17.3. The number of anilines is 1. The summed E-state index contributed by atoms with van der Waals surface area (Å²) in [4.78, 5) is 26.6. The summed E-state index contributed by atoms with van der Waals surface area (Å²) in [5.41, 5.74) is -2.18. The Morgan fingerprint density at radius 3 is 2.15 bits per heavy atom. The van der Waals surface area contributed by atoms with Crippen LogP contribution in [0.25, 0.3) is 0 Å². The Bertz CT molecular complexity index is 1200. The molecule has 0 fully saturated rings. The van der Waals surface area contributed by atoms with Crippen LogP contribution in [-0.4, -0.2) is 23.3 Å². The van der Waals surface area contributed by atoms with Crippen molar-refractivity contribution in [3.05, 3.63) is 88.4 Å². The van der Waals surface area contributed by atoms with Crippen LogP contribution in [0.4, 0.5) is 32.0 Å². The van der Waals surface area contributed by atoms with Crippen LogP contribution in [-0.2, 0) is 25.3 Å². The van der Waals surface area contributed by atoms with E-state index in [0.717, 1.165) is 5.56 Å². The molecule has 1 N–H and O–H groups in total. The lowest BCUT2D eigenvalue weighted by Crippen LogP contribution is -2.35. The molecule has 0 radical (unpaired) electrons. The number of benzene rings is 2. The van der Waals surface area contributed by atoms with Crippen molar-refractivity contribution < 1.29 is 40.3 Å². The second kappa shape index (κ2) is 8.54. The molecule has 1 aliphatic rings. The van der Waals surface area contributed by atoms with Gasteiger partial charge in [0.1, 0.15) is 0 Å². The van der Waals surface area contributed by atoms with Crippen molar-refractivity contribution in [1.82, 2.24) is 4.90 Å². The van der Waals surface area contributed by atoms with Gasteiger partial charge in [0.2, 0.25) is 0 Å². The first-order valence-corrected chi connectivity index (χ1v) is 9.97. The Morgan fingerprint density at radius 1 is 0.882 bits per heavy atom. The second-order valence-corrected chi connectivity index (χ2v) is 7.69. The maximum absolute atomic E-state index is 13.1. The number of carbonyl (C=O) groups excluding carboxylic acids is 2. The second-order valence-electron chi connectivity index (χ2n) is 7.69. The van der Waals surface area contributed by atoms with Gasteiger partial charge in [-0.3, -0.25) is 9.59 Å². The van der Waals surface area contributed by atoms with Crippen LogP contribution in [0.1, 0.15) is 43.2 Å². The van der Waals surface area contributed by atoms with E-state index in [1.807, 2.05) is 0 Å². The van der Waals surface area contributed by atoms with Gasteiger partial charge in [-0.25, -0.2) is 0 Å². The predicted octanol–water partition coefficient (Wildman–Crippen LogP) is 5.77. The van der Waals surface area contributed by atoms with Crippen LogP contribution < -0.4 is 5.32 Å². The van der Waals surface area contributed by atoms with Gasteiger partial charge in [-0.15, -0.1) is 0 Å². The summed E-state index contributed by atoms with van der Waals surface area (Å²) < 4.78 is 83.6. The van der Waals surface area contributed by atoms with Gasteiger partial charge >= 0.3 is 12.4 Å². The zero-order chi connectivity index (χ0) is 24.7. The lowest BCUT2D eigenvalue weighted by molar-refractivity contribution is -0.143. The molecular formula is C23H16F6N2O3. The maximum atomic E-state index is 13.1. The molecule has 0 aliphatic carbocycles. The fourth-order valence-electron chi connectivity index (χ4n) is 3.65. The lowest BCUT2D eigenvalue weighted by atomic mass is 9.98. The van der Waals surface area contributed by atoms with Gasteiger partial charge in [0, 0.05) is 24.3 Å². The van der Waals surface area contributed by atoms with E-state index < -0.39 is 35.0 Å². The minimum absolute atomic E-state index is 0.0414. The van der Waals surface area contributed by atoms with Crippen molar-refractivity contribution in [2.45, 2.75) is 25.3 Å². The minimum Gasteiger partial charge on any atom is -0.459 e. The first-order valence-electron chi connectivity index (χ1n) is 9.97. The molecule has 3 aromatic rings. The minimum atomic E-state index is -5.06. The first kappa shape index (κ1) is 23.4. The quantitative estimate of drug-likeness (QED) is 0.483. The van der Waals surface area contributed by atoms with Crippen LogP contribution in [0.15, 0.2) is 59.2 Å². The molecule has 11 heteroatoms. The number of carbonyl (C=O) groups is 2. The molecule has 0 saturated carbocycles. The molecule has 2 heterocycles. The molecule has 1 aliphatic heterocycles. The Kier molecular flexibility index (Phi) is 5.88. The molecule has 0 bridgehead atoms. The van der Waals surface area contributed by atoms with E-state index >= 15 is 0 Å². The van der Waals surface area contributed by atoms with Crippen molar-refractivity contribution >= 4 is 17.5 Å². The van der Waals surface area contributed by atoms with Crippen LogP contribution in [0.5, 0.6) is 0 Å². The van der Waals surface area contributed by atoms with E-state index in [1.165, 1.54) is 29.4 Å². The van der Waals surface area contributed by atoms with Crippen molar-refractivity contribution in [2.75, 3.05) is 11.9 Å². The van der Waals surface area contributed by atoms with E-state index in [4.69, 9.17) is 4.42 Å². The van der Waals surface area contributed by atoms with Crippen molar-refractivity contribution in [2.24, 2.45) is 0 Å². The Hall–Kier alpha value is -3.76. The number of nitrogens with one attached hydrogen (secondary N) is 1. The third-order valence-electron chi connectivity index (χ3n) is 5.35. The van der Waals surface area contributed by atoms with E-state index in [9.17, 15) is 35.9 Å². The van der Waals surface area contributed by atoms with E-state index in [0.29, 0.717) is 30.7 Å². The summed E-state index contributed by atoms with van der Waals surface area (Å²) in [6.45, 7) is 0.628. The zero-order valence-corrected chi connectivity index (χ0v) is 17.3. The number of alkyl halides is 6. The van der Waals surface area contributed by atoms with Gasteiger partial charge in [-0.2, -0.15) is 26.3 Å². The molecule has 178 valence electrons. The van der Waals surface area contributed by atoms with Crippen LogP contribution in [0.3, 0.4) is 0 Å². The molecule has 0 atom stereocenters. The topological polar surface area (TPSA) is 62.6 Å². The SMILES string of the molecule is O=C(Nc1ccc2c(c1)CN(C(=O)c1ccco1)CC2)c1cc(C(F)(F)F)cc(C(F)(F)F)c1. The third-order valence-corrected chi connectivity index (χ3v) is 5.35. The largest absolute Gasteiger partial charge is 0.459 e. The summed E-state index contributed by atoms with van der Waals surface area (Å²) in [5, 5.41) is 2.34. The van der Waals surface area contributed by atoms with Gasteiger partial charge < -0.3 is 14.6 Å². The highest BCUT2D eigenvalue weighted by Crippen LogP contribution is 2.36. The van der Waals surface area contributed by atoms with Gasteiger partial charge in [0.05, 0.1) is 17.4 Å². The number of rotatable bonds is 3. The molecular weight excluding hydrogens is 466 g/mol. The van der Waals surface area contributed by atoms with Crippen LogP contribution in [0.2, 0.25) is 0 Å². The van der Waals surface area contributed by atoms with Crippen molar-refractivity contribution in [3.63, 3.8) is 0 Å². The van der Waals surface area contributed by atoms with Crippen molar-refractivity contribution in [1.29, 1.82) is 0 Å². The number of nitrogens with zero attached hydrogens (tertiary/aromatic N) is 1. The number of fused-ring (bicyclic) bond motifs is 1. The average molecular weight is 482 g/mol. The highest BCUT2D eigenvalue weighted by Gasteiger charge is 2.37. The molecule has 0 unspecified atom stereocenters. The summed E-state index contributed by atoms with van der Waals surface area (Å²) >= 11 is 0. The molecule has 0 spiro atoms.